The molecule has 1 aliphatic carbocycles. The first-order valence-corrected chi connectivity index (χ1v) is 14.9. The molecule has 1 fully saturated rings. The number of nitrogens with two attached hydrogens (primary N) is 1. The summed E-state index contributed by atoms with van der Waals surface area (Å²) in [5.41, 5.74) is 13.6. The van der Waals surface area contributed by atoms with Gasteiger partial charge in [-0.1, -0.05) is 6.07 Å². The Morgan fingerprint density at radius 3 is 2.58 bits per heavy atom. The Morgan fingerprint density at radius 1 is 0.860 bits per heavy atom. The van der Waals surface area contributed by atoms with E-state index in [1.807, 2.05) is 55.0 Å². The molecule has 3 N–H and O–H groups in total. The van der Waals surface area contributed by atoms with Crippen molar-refractivity contribution in [3.05, 3.63) is 103 Å². The highest BCUT2D eigenvalue weighted by Gasteiger charge is 2.28. The fraction of sp³-hybridized carbons (Fsp3) is 0.242. The molecule has 6 heterocycles. The van der Waals surface area contributed by atoms with Crippen LogP contribution in [0.1, 0.15) is 36.4 Å². The van der Waals surface area contributed by atoms with Gasteiger partial charge in [0.1, 0.15) is 11.3 Å². The van der Waals surface area contributed by atoms with Gasteiger partial charge in [0.2, 0.25) is 0 Å². The highest BCUT2D eigenvalue weighted by Crippen LogP contribution is 2.36. The number of hydrogen-bond donors (Lipinski definition) is 2. The fourth-order valence-electron chi connectivity index (χ4n) is 6.56. The zero-order chi connectivity index (χ0) is 28.8. The van der Waals surface area contributed by atoms with Gasteiger partial charge in [-0.3, -0.25) is 9.55 Å². The molecule has 1 aliphatic heterocycles. The molecule has 0 spiro atoms. The summed E-state index contributed by atoms with van der Waals surface area (Å²) >= 11 is 0. The molecular formula is C33H32N10. The van der Waals surface area contributed by atoms with E-state index in [0.29, 0.717) is 17.9 Å². The first-order valence-electron chi connectivity index (χ1n) is 14.9. The lowest BCUT2D eigenvalue weighted by Crippen LogP contribution is -2.43. The Kier molecular flexibility index (Phi) is 6.33. The second-order valence-electron chi connectivity index (χ2n) is 11.3. The van der Waals surface area contributed by atoms with Crippen LogP contribution in [0.2, 0.25) is 0 Å². The highest BCUT2D eigenvalue weighted by molar-refractivity contribution is 5.83. The van der Waals surface area contributed by atoms with Crippen molar-refractivity contribution in [2.24, 2.45) is 0 Å². The van der Waals surface area contributed by atoms with Crippen LogP contribution in [-0.4, -0.2) is 53.4 Å². The second kappa shape index (κ2) is 10.6. The molecule has 1 aromatic carbocycles. The van der Waals surface area contributed by atoms with Crippen molar-refractivity contribution in [2.75, 3.05) is 23.7 Å². The number of nitrogens with one attached hydrogen (secondary N) is 1. The predicted molar refractivity (Wildman–Crippen MR) is 167 cm³/mol. The van der Waals surface area contributed by atoms with E-state index in [2.05, 4.69) is 54.1 Å². The van der Waals surface area contributed by atoms with Crippen molar-refractivity contribution in [3.63, 3.8) is 0 Å². The lowest BCUT2D eigenvalue weighted by atomic mass is 10.0. The number of imidazole rings is 1. The largest absolute Gasteiger partial charge is 0.383 e. The van der Waals surface area contributed by atoms with E-state index in [0.717, 1.165) is 72.8 Å². The molecule has 1 saturated heterocycles. The van der Waals surface area contributed by atoms with Crippen LogP contribution in [0.15, 0.2) is 91.6 Å². The Labute approximate surface area is 249 Å². The van der Waals surface area contributed by atoms with Crippen molar-refractivity contribution < 1.29 is 0 Å². The summed E-state index contributed by atoms with van der Waals surface area (Å²) < 4.78 is 3.86. The summed E-state index contributed by atoms with van der Waals surface area (Å²) in [7, 11) is 0. The van der Waals surface area contributed by atoms with Gasteiger partial charge in [0, 0.05) is 55.6 Å². The molecule has 0 bridgehead atoms. The first kappa shape index (κ1) is 25.6. The normalized spacial score (nSPS) is 17.0. The number of aromatic nitrogens is 7. The van der Waals surface area contributed by atoms with Crippen molar-refractivity contribution >= 4 is 22.7 Å². The summed E-state index contributed by atoms with van der Waals surface area (Å²) in [6, 6.07) is 21.4. The summed E-state index contributed by atoms with van der Waals surface area (Å²) in [5.74, 6) is 1.88. The SMILES string of the molecule is Nc1ncccc1-c1nc2ccc(-n3cccn3)nc2n1-c1ccc2c(c1)CC[C@@H]2NC1CCN(c2cccnc2)CC1. The maximum Gasteiger partial charge on any atom is 0.167 e. The van der Waals surface area contributed by atoms with Crippen LogP contribution >= 0.6 is 0 Å². The molecule has 8 rings (SSSR count). The zero-order valence-corrected chi connectivity index (χ0v) is 23.7. The lowest BCUT2D eigenvalue weighted by Gasteiger charge is -2.35. The van der Waals surface area contributed by atoms with Crippen LogP contribution in [0.5, 0.6) is 0 Å². The van der Waals surface area contributed by atoms with E-state index < -0.39 is 0 Å². The van der Waals surface area contributed by atoms with Gasteiger partial charge in [0.15, 0.2) is 17.3 Å². The third-order valence-electron chi connectivity index (χ3n) is 8.71. The van der Waals surface area contributed by atoms with Gasteiger partial charge in [-0.2, -0.15) is 5.10 Å². The van der Waals surface area contributed by atoms with Gasteiger partial charge in [-0.25, -0.2) is 19.6 Å². The number of pyridine rings is 3. The molecule has 0 saturated carbocycles. The molecule has 0 radical (unpaired) electrons. The predicted octanol–water partition coefficient (Wildman–Crippen LogP) is 4.89. The van der Waals surface area contributed by atoms with Crippen LogP contribution in [-0.2, 0) is 6.42 Å². The van der Waals surface area contributed by atoms with E-state index in [9.17, 15) is 0 Å². The first-order chi connectivity index (χ1) is 21.2. The number of nitrogens with zero attached hydrogens (tertiary/aromatic N) is 8. The maximum atomic E-state index is 6.35. The van der Waals surface area contributed by atoms with E-state index >= 15 is 0 Å². The Bertz CT molecular complexity index is 1890. The fourth-order valence-corrected chi connectivity index (χ4v) is 6.56. The van der Waals surface area contributed by atoms with E-state index in [4.69, 9.17) is 15.7 Å². The number of rotatable bonds is 6. The standard InChI is InChI=1S/C33H32N10/c34-31-27(5-2-15-36-31)32-39-29-10-11-30(42-17-3-16-37-42)40-33(29)43(32)24-7-8-26-22(20-24)6-9-28(26)38-23-12-18-41(19-13-23)25-4-1-14-35-21-25/h1-5,7-8,10-11,14-17,20-21,23,28,38H,6,9,12-13,18-19H2,(H2,34,36)/t28-/m0/s1. The molecule has 1 atom stereocenters. The quantitative estimate of drug-likeness (QED) is 0.292. The van der Waals surface area contributed by atoms with Gasteiger partial charge in [0.05, 0.1) is 17.4 Å². The number of piperidine rings is 1. The number of anilines is 2. The minimum absolute atomic E-state index is 0.358. The maximum absolute atomic E-state index is 6.35. The van der Waals surface area contributed by atoms with Crippen molar-refractivity contribution in [1.82, 2.24) is 39.6 Å². The molecule has 10 heteroatoms. The molecule has 2 aliphatic rings. The van der Waals surface area contributed by atoms with Crippen LogP contribution in [0.3, 0.4) is 0 Å². The molecule has 0 unspecified atom stereocenters. The molecule has 0 amide bonds. The van der Waals surface area contributed by atoms with E-state index in [1.165, 1.54) is 16.8 Å². The van der Waals surface area contributed by atoms with Gasteiger partial charge in [-0.15, -0.1) is 0 Å². The van der Waals surface area contributed by atoms with Crippen molar-refractivity contribution in [3.8, 4) is 22.9 Å². The van der Waals surface area contributed by atoms with Crippen molar-refractivity contribution in [2.45, 2.75) is 37.8 Å². The zero-order valence-electron chi connectivity index (χ0n) is 23.7. The number of benzene rings is 1. The lowest BCUT2D eigenvalue weighted by molar-refractivity contribution is 0.368. The number of hydrogen-bond acceptors (Lipinski definition) is 8. The summed E-state index contributed by atoms with van der Waals surface area (Å²) in [6.45, 7) is 2.09. The molecule has 214 valence electrons. The van der Waals surface area contributed by atoms with E-state index in [1.54, 1.807) is 17.1 Å². The van der Waals surface area contributed by atoms with Gasteiger partial charge < -0.3 is 16.0 Å². The molecule has 10 nitrogen and oxygen atoms in total. The summed E-state index contributed by atoms with van der Waals surface area (Å²) in [5, 5.41) is 8.37. The van der Waals surface area contributed by atoms with Crippen LogP contribution in [0.25, 0.3) is 34.1 Å². The Hall–Kier alpha value is -5.09. The number of fused-ring (bicyclic) bond motifs is 2. The smallest absolute Gasteiger partial charge is 0.167 e. The summed E-state index contributed by atoms with van der Waals surface area (Å²) in [4.78, 5) is 21.1. The van der Waals surface area contributed by atoms with Crippen LogP contribution in [0.4, 0.5) is 11.5 Å². The molecule has 43 heavy (non-hydrogen) atoms. The Balaban J connectivity index is 1.11. The van der Waals surface area contributed by atoms with Gasteiger partial charge in [-0.05, 0) is 91.4 Å². The third kappa shape index (κ3) is 4.69. The minimum atomic E-state index is 0.358. The van der Waals surface area contributed by atoms with Crippen LogP contribution in [0, 0.1) is 0 Å². The monoisotopic (exact) mass is 568 g/mol. The summed E-state index contributed by atoms with van der Waals surface area (Å²) in [6.07, 6.45) is 13.5. The van der Waals surface area contributed by atoms with E-state index in [-0.39, 0.29) is 0 Å². The third-order valence-corrected chi connectivity index (χ3v) is 8.71. The van der Waals surface area contributed by atoms with Gasteiger partial charge in [0.25, 0.3) is 0 Å². The molecular weight excluding hydrogens is 536 g/mol. The molecule has 6 aromatic rings. The second-order valence-corrected chi connectivity index (χ2v) is 11.3. The average molecular weight is 569 g/mol. The van der Waals surface area contributed by atoms with Crippen LogP contribution < -0.4 is 16.0 Å². The Morgan fingerprint density at radius 2 is 1.77 bits per heavy atom. The number of nitrogen functional groups attached to an aromatic ring is 1. The van der Waals surface area contributed by atoms with Crippen molar-refractivity contribution in [1.29, 1.82) is 0 Å². The van der Waals surface area contributed by atoms with Gasteiger partial charge >= 0.3 is 0 Å². The highest BCUT2D eigenvalue weighted by atomic mass is 15.3. The number of aryl methyl sites for hydroxylation is 1. The molecule has 5 aromatic heterocycles. The topological polar surface area (TPSA) is 116 Å². The average Bonchev–Trinajstić information content (AvgIpc) is 3.81. The minimum Gasteiger partial charge on any atom is -0.383 e.